The van der Waals surface area contributed by atoms with Crippen LogP contribution in [0.1, 0.15) is 49.4 Å². The zero-order chi connectivity index (χ0) is 19.9. The molecule has 6 heteroatoms. The number of amides is 2. The van der Waals surface area contributed by atoms with Gasteiger partial charge >= 0.3 is 0 Å². The number of anilines is 1. The molecule has 28 heavy (non-hydrogen) atoms. The Balaban J connectivity index is 1.48. The van der Waals surface area contributed by atoms with Gasteiger partial charge in [-0.25, -0.2) is 0 Å². The van der Waals surface area contributed by atoms with Crippen LogP contribution in [0.25, 0.3) is 0 Å². The van der Waals surface area contributed by atoms with E-state index in [1.54, 1.807) is 0 Å². The normalized spacial score (nSPS) is 33.4. The quantitative estimate of drug-likeness (QED) is 0.682. The summed E-state index contributed by atoms with van der Waals surface area (Å²) in [6, 6.07) is 7.70. The number of nitrogens with zero attached hydrogens (tertiary/aromatic N) is 1. The minimum Gasteiger partial charge on any atom is -0.362 e. The lowest BCUT2D eigenvalue weighted by atomic mass is 9.51. The molecule has 1 spiro atoms. The predicted molar refractivity (Wildman–Crippen MR) is 110 cm³/mol. The van der Waals surface area contributed by atoms with Crippen LogP contribution in [-0.2, 0) is 4.79 Å². The second-order valence-electron chi connectivity index (χ2n) is 9.40. The van der Waals surface area contributed by atoms with Gasteiger partial charge in [-0.15, -0.1) is 0 Å². The number of fused-ring (bicyclic) bond motifs is 3. The van der Waals surface area contributed by atoms with Gasteiger partial charge in [0.2, 0.25) is 5.91 Å². The van der Waals surface area contributed by atoms with Gasteiger partial charge in [0.25, 0.3) is 5.91 Å². The molecule has 5 rings (SSSR count). The summed E-state index contributed by atoms with van der Waals surface area (Å²) in [6.07, 6.45) is 4.65. The predicted octanol–water partition coefficient (Wildman–Crippen LogP) is 2.43. The summed E-state index contributed by atoms with van der Waals surface area (Å²) in [5, 5.41) is 10.1. The van der Waals surface area contributed by atoms with Crippen molar-refractivity contribution in [3.05, 3.63) is 29.8 Å². The van der Waals surface area contributed by atoms with Gasteiger partial charge in [0.15, 0.2) is 0 Å². The second-order valence-corrected chi connectivity index (χ2v) is 9.40. The van der Waals surface area contributed by atoms with E-state index in [-0.39, 0.29) is 29.1 Å². The summed E-state index contributed by atoms with van der Waals surface area (Å²) in [4.78, 5) is 27.8. The van der Waals surface area contributed by atoms with E-state index in [1.807, 2.05) is 38.4 Å². The van der Waals surface area contributed by atoms with Gasteiger partial charge in [-0.05, 0) is 70.3 Å². The fraction of sp³-hybridized carbons (Fsp3) is 0.636. The Labute approximate surface area is 167 Å². The van der Waals surface area contributed by atoms with E-state index in [9.17, 15) is 9.59 Å². The molecule has 2 bridgehead atoms. The van der Waals surface area contributed by atoms with Gasteiger partial charge in [-0.1, -0.05) is 19.1 Å². The molecule has 3 fully saturated rings. The topological polar surface area (TPSA) is 73.5 Å². The van der Waals surface area contributed by atoms with E-state index < -0.39 is 5.66 Å². The van der Waals surface area contributed by atoms with Crippen molar-refractivity contribution in [2.45, 2.75) is 44.7 Å². The molecule has 3 saturated carbocycles. The third-order valence-corrected chi connectivity index (χ3v) is 7.07. The number of nitrogens with one attached hydrogen (secondary N) is 3. The van der Waals surface area contributed by atoms with E-state index in [0.29, 0.717) is 5.56 Å². The van der Waals surface area contributed by atoms with Crippen LogP contribution in [0, 0.1) is 17.3 Å². The lowest BCUT2D eigenvalue weighted by Crippen LogP contribution is -2.70. The SMILES string of the molecule is CN(C)CCCNC(=O)[C@@H]1C[C@H]2CC[C@@]1(C)C[C@]21NC(=O)c2ccccc2N1. The van der Waals surface area contributed by atoms with E-state index in [0.717, 1.165) is 50.9 Å². The smallest absolute Gasteiger partial charge is 0.255 e. The lowest BCUT2D eigenvalue weighted by molar-refractivity contribution is -0.139. The molecule has 0 radical (unpaired) electrons. The van der Waals surface area contributed by atoms with Gasteiger partial charge in [0, 0.05) is 24.1 Å². The molecule has 0 saturated heterocycles. The van der Waals surface area contributed by atoms with Crippen molar-refractivity contribution in [1.82, 2.24) is 15.5 Å². The lowest BCUT2D eigenvalue weighted by Gasteiger charge is -2.60. The first kappa shape index (κ1) is 19.2. The Morgan fingerprint density at radius 3 is 2.82 bits per heavy atom. The maximum absolute atomic E-state index is 12.9. The Kier molecular flexibility index (Phi) is 4.86. The summed E-state index contributed by atoms with van der Waals surface area (Å²) >= 11 is 0. The fourth-order valence-electron chi connectivity index (χ4n) is 5.58. The molecule has 0 aromatic heterocycles. The molecular formula is C22H32N4O2. The highest BCUT2D eigenvalue weighted by atomic mass is 16.2. The highest BCUT2D eigenvalue weighted by Gasteiger charge is 2.60. The van der Waals surface area contributed by atoms with Crippen LogP contribution in [0.2, 0.25) is 0 Å². The number of hydrogen-bond acceptors (Lipinski definition) is 4. The van der Waals surface area contributed by atoms with Crippen LogP contribution in [0.4, 0.5) is 5.69 Å². The Morgan fingerprint density at radius 2 is 2.07 bits per heavy atom. The van der Waals surface area contributed by atoms with Crippen molar-refractivity contribution in [3.8, 4) is 0 Å². The summed E-state index contributed by atoms with van der Waals surface area (Å²) in [5.41, 5.74) is 1.08. The number of para-hydroxylation sites is 1. The number of carbonyl (C=O) groups excluding carboxylic acids is 2. The van der Waals surface area contributed by atoms with Crippen molar-refractivity contribution in [2.75, 3.05) is 32.5 Å². The molecule has 1 aromatic rings. The van der Waals surface area contributed by atoms with Crippen molar-refractivity contribution >= 4 is 17.5 Å². The molecule has 3 aliphatic carbocycles. The van der Waals surface area contributed by atoms with Gasteiger partial charge in [0.1, 0.15) is 5.66 Å². The average molecular weight is 385 g/mol. The first-order chi connectivity index (χ1) is 13.3. The standard InChI is InChI=1S/C22H32N4O2/c1-21-10-9-15(13-17(21)20(28)23-11-6-12-26(2)3)22(14-21)24-18-8-5-4-7-16(18)19(27)25-22/h4-5,7-8,15,17,24H,6,9-14H2,1-3H3,(H,23,28)(H,25,27)/t15-,17+,21+,22+/m1/s1. The third-order valence-electron chi connectivity index (χ3n) is 7.07. The van der Waals surface area contributed by atoms with Crippen LogP contribution in [0.15, 0.2) is 24.3 Å². The molecule has 1 heterocycles. The zero-order valence-electron chi connectivity index (χ0n) is 17.2. The monoisotopic (exact) mass is 384 g/mol. The van der Waals surface area contributed by atoms with E-state index in [1.165, 1.54) is 0 Å². The first-order valence-corrected chi connectivity index (χ1v) is 10.5. The zero-order valence-corrected chi connectivity index (χ0v) is 17.2. The number of benzene rings is 1. The van der Waals surface area contributed by atoms with E-state index >= 15 is 0 Å². The Morgan fingerprint density at radius 1 is 1.29 bits per heavy atom. The van der Waals surface area contributed by atoms with Crippen LogP contribution >= 0.6 is 0 Å². The highest BCUT2D eigenvalue weighted by molar-refractivity contribution is 6.02. The molecular weight excluding hydrogens is 352 g/mol. The minimum atomic E-state index is -0.430. The van der Waals surface area contributed by atoms with Gasteiger partial charge in [-0.2, -0.15) is 0 Å². The molecule has 3 N–H and O–H groups in total. The maximum Gasteiger partial charge on any atom is 0.255 e. The van der Waals surface area contributed by atoms with Crippen molar-refractivity contribution < 1.29 is 9.59 Å². The fourth-order valence-corrected chi connectivity index (χ4v) is 5.58. The Bertz CT molecular complexity index is 780. The van der Waals surface area contributed by atoms with Gasteiger partial charge < -0.3 is 20.9 Å². The third kappa shape index (κ3) is 3.28. The molecule has 4 atom stereocenters. The molecule has 1 aliphatic heterocycles. The van der Waals surface area contributed by atoms with Crippen molar-refractivity contribution in [2.24, 2.45) is 17.3 Å². The largest absolute Gasteiger partial charge is 0.362 e. The van der Waals surface area contributed by atoms with Crippen molar-refractivity contribution in [1.29, 1.82) is 0 Å². The molecule has 152 valence electrons. The van der Waals surface area contributed by atoms with Crippen LogP contribution < -0.4 is 16.0 Å². The molecule has 4 aliphatic rings. The minimum absolute atomic E-state index is 0.00446. The first-order valence-electron chi connectivity index (χ1n) is 10.5. The average Bonchev–Trinajstić information content (AvgIpc) is 2.64. The summed E-state index contributed by atoms with van der Waals surface area (Å²) in [5.74, 6) is 0.467. The van der Waals surface area contributed by atoms with E-state index in [2.05, 4.69) is 27.8 Å². The summed E-state index contributed by atoms with van der Waals surface area (Å²) in [6.45, 7) is 3.92. The van der Waals surface area contributed by atoms with Crippen LogP contribution in [-0.4, -0.2) is 49.6 Å². The maximum atomic E-state index is 12.9. The van der Waals surface area contributed by atoms with Crippen molar-refractivity contribution in [3.63, 3.8) is 0 Å². The van der Waals surface area contributed by atoms with Gasteiger partial charge in [-0.3, -0.25) is 9.59 Å². The summed E-state index contributed by atoms with van der Waals surface area (Å²) < 4.78 is 0. The Hall–Kier alpha value is -2.08. The molecule has 2 amide bonds. The number of carbonyl (C=O) groups is 2. The van der Waals surface area contributed by atoms with Crippen LogP contribution in [0.5, 0.6) is 0 Å². The van der Waals surface area contributed by atoms with Crippen LogP contribution in [0.3, 0.4) is 0 Å². The second kappa shape index (κ2) is 7.07. The molecule has 0 unspecified atom stereocenters. The molecule has 6 nitrogen and oxygen atoms in total. The van der Waals surface area contributed by atoms with Gasteiger partial charge in [0.05, 0.1) is 5.56 Å². The molecule has 1 aromatic carbocycles. The number of rotatable bonds is 5. The van der Waals surface area contributed by atoms with E-state index in [4.69, 9.17) is 0 Å². The summed E-state index contributed by atoms with van der Waals surface area (Å²) in [7, 11) is 4.10. The number of hydrogen-bond donors (Lipinski definition) is 3. The highest BCUT2D eigenvalue weighted by Crippen LogP contribution is 2.58.